The highest BCUT2D eigenvalue weighted by Gasteiger charge is 2.13. The van der Waals surface area contributed by atoms with Gasteiger partial charge < -0.3 is 24.8 Å². The number of benzene rings is 3. The molecule has 0 radical (unpaired) electrons. The zero-order valence-electron chi connectivity index (χ0n) is 19.8. The minimum Gasteiger partial charge on any atom is -0.493 e. The third-order valence-electron chi connectivity index (χ3n) is 5.50. The molecule has 1 atom stereocenters. The maximum absolute atomic E-state index is 12.4. The Morgan fingerprint density at radius 2 is 1.61 bits per heavy atom. The molecule has 0 spiro atoms. The second kappa shape index (κ2) is 10.6. The van der Waals surface area contributed by atoms with Crippen LogP contribution in [0.25, 0.3) is 10.9 Å². The van der Waals surface area contributed by atoms with Gasteiger partial charge in [0, 0.05) is 35.5 Å². The van der Waals surface area contributed by atoms with E-state index in [0.29, 0.717) is 34.2 Å². The number of non-ortho nitro benzene ring substituents is 1. The largest absolute Gasteiger partial charge is 0.493 e. The van der Waals surface area contributed by atoms with Gasteiger partial charge >= 0.3 is 6.03 Å². The number of methoxy groups -OCH3 is 2. The van der Waals surface area contributed by atoms with Crippen molar-refractivity contribution in [2.45, 2.75) is 13.0 Å². The van der Waals surface area contributed by atoms with Crippen LogP contribution in [0.1, 0.15) is 18.5 Å². The number of ether oxygens (including phenoxy) is 3. The Bertz CT molecular complexity index is 1390. The Morgan fingerprint density at radius 1 is 0.944 bits per heavy atom. The summed E-state index contributed by atoms with van der Waals surface area (Å²) in [6.45, 7) is 1.79. The first-order chi connectivity index (χ1) is 17.4. The van der Waals surface area contributed by atoms with Gasteiger partial charge in [0.1, 0.15) is 11.5 Å². The van der Waals surface area contributed by atoms with Crippen molar-refractivity contribution in [1.82, 2.24) is 10.3 Å². The van der Waals surface area contributed by atoms with Crippen LogP contribution in [-0.2, 0) is 0 Å². The molecule has 0 saturated carbocycles. The van der Waals surface area contributed by atoms with Crippen LogP contribution in [0.3, 0.4) is 0 Å². The van der Waals surface area contributed by atoms with E-state index in [1.807, 2.05) is 6.07 Å². The molecule has 1 heterocycles. The fourth-order valence-electron chi connectivity index (χ4n) is 3.60. The molecule has 0 bridgehead atoms. The van der Waals surface area contributed by atoms with E-state index in [9.17, 15) is 14.9 Å². The van der Waals surface area contributed by atoms with Crippen LogP contribution in [0.4, 0.5) is 16.2 Å². The molecule has 184 valence electrons. The third kappa shape index (κ3) is 5.44. The second-order valence-corrected chi connectivity index (χ2v) is 7.83. The van der Waals surface area contributed by atoms with E-state index in [4.69, 9.17) is 14.2 Å². The van der Waals surface area contributed by atoms with Crippen molar-refractivity contribution >= 4 is 28.3 Å². The minimum atomic E-state index is -0.465. The Morgan fingerprint density at radius 3 is 2.25 bits per heavy atom. The molecular weight excluding hydrogens is 464 g/mol. The van der Waals surface area contributed by atoms with E-state index in [1.165, 1.54) is 12.1 Å². The molecule has 2 amide bonds. The maximum atomic E-state index is 12.4. The van der Waals surface area contributed by atoms with Gasteiger partial charge in [-0.25, -0.2) is 4.79 Å². The Hall–Kier alpha value is -4.86. The Labute approximate surface area is 207 Å². The molecule has 4 aromatic rings. The fraction of sp³-hybridized carbons (Fsp3) is 0.154. The smallest absolute Gasteiger partial charge is 0.319 e. The number of hydrogen-bond donors (Lipinski definition) is 2. The lowest BCUT2D eigenvalue weighted by Crippen LogP contribution is -2.31. The fourth-order valence-corrected chi connectivity index (χ4v) is 3.60. The van der Waals surface area contributed by atoms with Crippen LogP contribution in [0, 0.1) is 10.1 Å². The van der Waals surface area contributed by atoms with Crippen molar-refractivity contribution in [3.63, 3.8) is 0 Å². The number of nitro benzene ring substituents is 1. The highest BCUT2D eigenvalue weighted by Crippen LogP contribution is 2.37. The molecule has 36 heavy (non-hydrogen) atoms. The number of anilines is 1. The van der Waals surface area contributed by atoms with E-state index >= 15 is 0 Å². The first-order valence-corrected chi connectivity index (χ1v) is 11.0. The standard InChI is InChI=1S/C26H24N4O6/c1-16(17-4-8-19(9-5-17)30(32)33)28-26(31)29-18-6-10-20(11-7-18)36-23-12-13-27-22-15-25(35-3)24(34-2)14-21(22)23/h4-16H,1-3H3,(H2,28,29,31)/t16-/m0/s1. The van der Waals surface area contributed by atoms with Crippen molar-refractivity contribution in [3.8, 4) is 23.0 Å². The van der Waals surface area contributed by atoms with E-state index in [1.54, 1.807) is 75.9 Å². The lowest BCUT2D eigenvalue weighted by Gasteiger charge is -2.15. The number of fused-ring (bicyclic) bond motifs is 1. The first-order valence-electron chi connectivity index (χ1n) is 11.0. The van der Waals surface area contributed by atoms with Gasteiger partial charge in [0.15, 0.2) is 11.5 Å². The highest BCUT2D eigenvalue weighted by molar-refractivity contribution is 5.90. The van der Waals surface area contributed by atoms with Crippen LogP contribution < -0.4 is 24.8 Å². The number of nitrogens with one attached hydrogen (secondary N) is 2. The summed E-state index contributed by atoms with van der Waals surface area (Å²) < 4.78 is 16.8. The van der Waals surface area contributed by atoms with Crippen LogP contribution in [0.2, 0.25) is 0 Å². The molecule has 10 nitrogen and oxygen atoms in total. The molecule has 0 fully saturated rings. The van der Waals surface area contributed by atoms with Crippen molar-refractivity contribution in [3.05, 3.63) is 88.6 Å². The zero-order chi connectivity index (χ0) is 25.7. The first kappa shape index (κ1) is 24.3. The van der Waals surface area contributed by atoms with Gasteiger partial charge in [-0.15, -0.1) is 0 Å². The number of amides is 2. The van der Waals surface area contributed by atoms with Gasteiger partial charge in [-0.05, 0) is 48.9 Å². The summed E-state index contributed by atoms with van der Waals surface area (Å²) in [5, 5.41) is 17.1. The number of aromatic nitrogens is 1. The van der Waals surface area contributed by atoms with Gasteiger partial charge in [-0.1, -0.05) is 12.1 Å². The van der Waals surface area contributed by atoms with Crippen molar-refractivity contribution in [1.29, 1.82) is 0 Å². The summed E-state index contributed by atoms with van der Waals surface area (Å²) in [6, 6.07) is 17.6. The molecule has 3 aromatic carbocycles. The van der Waals surface area contributed by atoms with Gasteiger partial charge in [-0.2, -0.15) is 0 Å². The average molecular weight is 489 g/mol. The van der Waals surface area contributed by atoms with E-state index < -0.39 is 11.0 Å². The molecule has 0 aliphatic carbocycles. The number of pyridine rings is 1. The van der Waals surface area contributed by atoms with Crippen molar-refractivity contribution < 1.29 is 23.9 Å². The number of rotatable bonds is 8. The number of urea groups is 1. The molecule has 0 aliphatic heterocycles. The number of nitrogens with zero attached hydrogens (tertiary/aromatic N) is 2. The summed E-state index contributed by atoms with van der Waals surface area (Å²) in [6.07, 6.45) is 1.65. The normalized spacial score (nSPS) is 11.4. The lowest BCUT2D eigenvalue weighted by atomic mass is 10.1. The number of carbonyl (C=O) groups excluding carboxylic acids is 1. The number of nitro groups is 1. The monoisotopic (exact) mass is 488 g/mol. The summed E-state index contributed by atoms with van der Waals surface area (Å²) in [7, 11) is 3.13. The Balaban J connectivity index is 1.41. The van der Waals surface area contributed by atoms with Gasteiger partial charge in [0.2, 0.25) is 0 Å². The van der Waals surface area contributed by atoms with E-state index in [0.717, 1.165) is 10.9 Å². The molecule has 4 rings (SSSR count). The molecule has 0 unspecified atom stereocenters. The third-order valence-corrected chi connectivity index (χ3v) is 5.50. The zero-order valence-corrected chi connectivity index (χ0v) is 19.8. The molecular formula is C26H24N4O6. The van der Waals surface area contributed by atoms with Crippen molar-refractivity contribution in [2.75, 3.05) is 19.5 Å². The summed E-state index contributed by atoms with van der Waals surface area (Å²) in [5.41, 5.74) is 2.01. The van der Waals surface area contributed by atoms with Crippen molar-refractivity contribution in [2.24, 2.45) is 0 Å². The molecule has 10 heteroatoms. The predicted octanol–water partition coefficient (Wildman–Crippen LogP) is 5.84. The van der Waals surface area contributed by atoms with Crippen LogP contribution >= 0.6 is 0 Å². The molecule has 2 N–H and O–H groups in total. The molecule has 0 aliphatic rings. The summed E-state index contributed by atoms with van der Waals surface area (Å²) in [4.78, 5) is 27.1. The lowest BCUT2D eigenvalue weighted by molar-refractivity contribution is -0.384. The topological polar surface area (TPSA) is 125 Å². The SMILES string of the molecule is COc1cc2nccc(Oc3ccc(NC(=O)N[C@@H](C)c4ccc([N+](=O)[O-])cc4)cc3)c2cc1OC. The number of hydrogen-bond acceptors (Lipinski definition) is 7. The Kier molecular flexibility index (Phi) is 7.15. The van der Waals surface area contributed by atoms with Crippen LogP contribution in [-0.4, -0.2) is 30.2 Å². The summed E-state index contributed by atoms with van der Waals surface area (Å²) in [5.74, 6) is 2.31. The van der Waals surface area contributed by atoms with Gasteiger partial charge in [0.05, 0.1) is 30.7 Å². The van der Waals surface area contributed by atoms with Crippen LogP contribution in [0.15, 0.2) is 72.9 Å². The van der Waals surface area contributed by atoms with E-state index in [-0.39, 0.29) is 11.7 Å². The predicted molar refractivity (Wildman–Crippen MR) is 135 cm³/mol. The molecule has 0 saturated heterocycles. The number of carbonyl (C=O) groups is 1. The van der Waals surface area contributed by atoms with E-state index in [2.05, 4.69) is 15.6 Å². The highest BCUT2D eigenvalue weighted by atomic mass is 16.6. The maximum Gasteiger partial charge on any atom is 0.319 e. The second-order valence-electron chi connectivity index (χ2n) is 7.83. The quantitative estimate of drug-likeness (QED) is 0.236. The minimum absolute atomic E-state index is 0.00339. The average Bonchev–Trinajstić information content (AvgIpc) is 2.89. The van der Waals surface area contributed by atoms with Gasteiger partial charge in [0.25, 0.3) is 5.69 Å². The van der Waals surface area contributed by atoms with Gasteiger partial charge in [-0.3, -0.25) is 15.1 Å². The molecule has 1 aromatic heterocycles. The summed E-state index contributed by atoms with van der Waals surface area (Å²) >= 11 is 0. The van der Waals surface area contributed by atoms with Crippen LogP contribution in [0.5, 0.6) is 23.0 Å².